The maximum atomic E-state index is 10.5. The van der Waals surface area contributed by atoms with Crippen molar-refractivity contribution in [1.82, 2.24) is 5.32 Å². The van der Waals surface area contributed by atoms with Gasteiger partial charge in [-0.25, -0.2) is 0 Å². The summed E-state index contributed by atoms with van der Waals surface area (Å²) >= 11 is 0. The van der Waals surface area contributed by atoms with Crippen LogP contribution in [0.4, 0.5) is 0 Å². The van der Waals surface area contributed by atoms with Crippen molar-refractivity contribution in [3.05, 3.63) is 0 Å². The van der Waals surface area contributed by atoms with Gasteiger partial charge in [-0.15, -0.1) is 0 Å². The highest BCUT2D eigenvalue weighted by atomic mass is 16.1. The number of amides is 1. The fraction of sp³-hybridized carbons (Fsp3) is 0.667. The third kappa shape index (κ3) is 4.82. The molecule has 0 aliphatic rings. The molecule has 0 saturated heterocycles. The summed E-state index contributed by atoms with van der Waals surface area (Å²) in [4.78, 5) is 10.5. The van der Waals surface area contributed by atoms with E-state index in [0.29, 0.717) is 6.54 Å². The van der Waals surface area contributed by atoms with Gasteiger partial charge >= 0.3 is 0 Å². The van der Waals surface area contributed by atoms with Gasteiger partial charge in [0.05, 0.1) is 6.07 Å². The van der Waals surface area contributed by atoms with Gasteiger partial charge in [-0.2, -0.15) is 5.26 Å². The van der Waals surface area contributed by atoms with E-state index in [-0.39, 0.29) is 12.3 Å². The Hall–Kier alpha value is -1.04. The first kappa shape index (κ1) is 7.96. The molecule has 0 heterocycles. The number of nitrogens with one attached hydrogen (secondary N) is 1. The largest absolute Gasteiger partial charge is 0.355 e. The average Bonchev–Trinajstić information content (AvgIpc) is 1.85. The molecule has 9 heavy (non-hydrogen) atoms. The van der Waals surface area contributed by atoms with Crippen LogP contribution in [-0.4, -0.2) is 12.5 Å². The highest BCUT2D eigenvalue weighted by Gasteiger charge is 1.94. The van der Waals surface area contributed by atoms with Crippen LogP contribution >= 0.6 is 0 Å². The normalized spacial score (nSPS) is 8.00. The predicted octanol–water partition coefficient (Wildman–Crippen LogP) is 0.426. The van der Waals surface area contributed by atoms with Gasteiger partial charge in [0.15, 0.2) is 0 Å². The summed E-state index contributed by atoms with van der Waals surface area (Å²) in [6.07, 6.45) is 0.886. The first-order chi connectivity index (χ1) is 4.31. The molecule has 0 aromatic rings. The maximum absolute atomic E-state index is 10.5. The van der Waals surface area contributed by atoms with E-state index in [1.807, 2.05) is 6.92 Å². The second-order valence-corrected chi connectivity index (χ2v) is 1.68. The summed E-state index contributed by atoms with van der Waals surface area (Å²) in [5.41, 5.74) is 0. The number of nitriles is 1. The Labute approximate surface area is 54.7 Å². The fourth-order valence-electron chi connectivity index (χ4n) is 0.399. The van der Waals surface area contributed by atoms with E-state index in [1.54, 1.807) is 6.07 Å². The van der Waals surface area contributed by atoms with E-state index in [2.05, 4.69) is 5.32 Å². The average molecular weight is 126 g/mol. The van der Waals surface area contributed by atoms with Crippen LogP contribution in [-0.2, 0) is 4.79 Å². The lowest BCUT2D eigenvalue weighted by molar-refractivity contribution is -0.120. The summed E-state index contributed by atoms with van der Waals surface area (Å²) in [7, 11) is 0. The van der Waals surface area contributed by atoms with Crippen molar-refractivity contribution in [1.29, 1.82) is 5.26 Å². The molecule has 0 rings (SSSR count). The molecule has 50 valence electrons. The topological polar surface area (TPSA) is 52.9 Å². The van der Waals surface area contributed by atoms with Crippen molar-refractivity contribution >= 4 is 5.91 Å². The molecule has 0 radical (unpaired) electrons. The third-order valence-corrected chi connectivity index (χ3v) is 0.812. The summed E-state index contributed by atoms with van der Waals surface area (Å²) in [5, 5.41) is 10.6. The molecule has 0 atom stereocenters. The van der Waals surface area contributed by atoms with Gasteiger partial charge in [0, 0.05) is 6.54 Å². The SMILES string of the molecule is CCCNC(=O)CC#N. The lowest BCUT2D eigenvalue weighted by atomic mass is 10.4. The van der Waals surface area contributed by atoms with Crippen LogP contribution in [0.15, 0.2) is 0 Å². The summed E-state index contributed by atoms with van der Waals surface area (Å²) < 4.78 is 0. The zero-order chi connectivity index (χ0) is 7.11. The molecule has 0 aromatic carbocycles. The van der Waals surface area contributed by atoms with Crippen LogP contribution in [0.2, 0.25) is 0 Å². The van der Waals surface area contributed by atoms with E-state index in [4.69, 9.17) is 5.26 Å². The predicted molar refractivity (Wildman–Crippen MR) is 33.5 cm³/mol. The first-order valence-electron chi connectivity index (χ1n) is 2.95. The van der Waals surface area contributed by atoms with Crippen LogP contribution < -0.4 is 5.32 Å². The van der Waals surface area contributed by atoms with Gasteiger partial charge < -0.3 is 5.32 Å². The van der Waals surface area contributed by atoms with Crippen LogP contribution in [0.1, 0.15) is 19.8 Å². The highest BCUT2D eigenvalue weighted by Crippen LogP contribution is 1.75. The van der Waals surface area contributed by atoms with Crippen LogP contribution in [0.5, 0.6) is 0 Å². The molecule has 3 heteroatoms. The van der Waals surface area contributed by atoms with Crippen molar-refractivity contribution in [2.24, 2.45) is 0 Å². The Bertz CT molecular complexity index is 126. The highest BCUT2D eigenvalue weighted by molar-refractivity contribution is 5.77. The molecule has 1 amide bonds. The maximum Gasteiger partial charge on any atom is 0.234 e. The quantitative estimate of drug-likeness (QED) is 0.596. The van der Waals surface area contributed by atoms with Crippen molar-refractivity contribution in [3.63, 3.8) is 0 Å². The number of carbonyl (C=O) groups excluding carboxylic acids is 1. The molecule has 0 aliphatic heterocycles. The fourth-order valence-corrected chi connectivity index (χ4v) is 0.399. The van der Waals surface area contributed by atoms with Gasteiger partial charge in [0.25, 0.3) is 0 Å². The molecule has 0 aromatic heterocycles. The van der Waals surface area contributed by atoms with Gasteiger partial charge in [-0.1, -0.05) is 6.92 Å². The minimum Gasteiger partial charge on any atom is -0.355 e. The molecule has 0 unspecified atom stereocenters. The van der Waals surface area contributed by atoms with Gasteiger partial charge in [-0.3, -0.25) is 4.79 Å². The van der Waals surface area contributed by atoms with Crippen molar-refractivity contribution in [3.8, 4) is 6.07 Å². The molecular weight excluding hydrogens is 116 g/mol. The number of carbonyl (C=O) groups is 1. The lowest BCUT2D eigenvalue weighted by Crippen LogP contribution is -2.22. The summed E-state index contributed by atoms with van der Waals surface area (Å²) in [6, 6.07) is 1.76. The van der Waals surface area contributed by atoms with E-state index in [1.165, 1.54) is 0 Å². The molecule has 0 aliphatic carbocycles. The summed E-state index contributed by atoms with van der Waals surface area (Å²) in [5.74, 6) is -0.181. The molecule has 3 nitrogen and oxygen atoms in total. The van der Waals surface area contributed by atoms with Crippen molar-refractivity contribution in [2.45, 2.75) is 19.8 Å². The lowest BCUT2D eigenvalue weighted by Gasteiger charge is -1.96. The molecular formula is C6H10N2O. The monoisotopic (exact) mass is 126 g/mol. The van der Waals surface area contributed by atoms with E-state index < -0.39 is 0 Å². The smallest absolute Gasteiger partial charge is 0.234 e. The first-order valence-corrected chi connectivity index (χ1v) is 2.95. The molecule has 0 bridgehead atoms. The Morgan fingerprint density at radius 3 is 2.89 bits per heavy atom. The molecule has 0 spiro atoms. The van der Waals surface area contributed by atoms with Gasteiger partial charge in [-0.05, 0) is 6.42 Å². The molecule has 0 fully saturated rings. The minimum absolute atomic E-state index is 0.0278. The van der Waals surface area contributed by atoms with Gasteiger partial charge in [0.2, 0.25) is 5.91 Å². The third-order valence-electron chi connectivity index (χ3n) is 0.812. The molecule has 0 saturated carbocycles. The van der Waals surface area contributed by atoms with E-state index >= 15 is 0 Å². The number of hydrogen-bond donors (Lipinski definition) is 1. The Balaban J connectivity index is 3.19. The minimum atomic E-state index is -0.181. The van der Waals surface area contributed by atoms with Crippen LogP contribution in [0.25, 0.3) is 0 Å². The Morgan fingerprint density at radius 2 is 2.44 bits per heavy atom. The Morgan fingerprint density at radius 1 is 1.78 bits per heavy atom. The second-order valence-electron chi connectivity index (χ2n) is 1.68. The standard InChI is InChI=1S/C6H10N2O/c1-2-5-8-6(9)3-4-7/h2-3,5H2,1H3,(H,8,9). The Kier molecular flexibility index (Phi) is 4.51. The van der Waals surface area contributed by atoms with E-state index in [9.17, 15) is 4.79 Å². The van der Waals surface area contributed by atoms with Crippen LogP contribution in [0, 0.1) is 11.3 Å². The number of rotatable bonds is 3. The summed E-state index contributed by atoms with van der Waals surface area (Å²) in [6.45, 7) is 2.63. The zero-order valence-electron chi connectivity index (χ0n) is 5.48. The number of nitrogens with zero attached hydrogens (tertiary/aromatic N) is 1. The zero-order valence-corrected chi connectivity index (χ0v) is 5.48. The van der Waals surface area contributed by atoms with Gasteiger partial charge in [0.1, 0.15) is 6.42 Å². The van der Waals surface area contributed by atoms with Crippen molar-refractivity contribution in [2.75, 3.05) is 6.54 Å². The molecule has 1 N–H and O–H groups in total. The van der Waals surface area contributed by atoms with Crippen molar-refractivity contribution < 1.29 is 4.79 Å². The van der Waals surface area contributed by atoms with Crippen LogP contribution in [0.3, 0.4) is 0 Å². The van der Waals surface area contributed by atoms with E-state index in [0.717, 1.165) is 6.42 Å². The second kappa shape index (κ2) is 5.10. The number of hydrogen-bond acceptors (Lipinski definition) is 2.